The van der Waals surface area contributed by atoms with E-state index in [1.54, 1.807) is 6.20 Å². The maximum Gasteiger partial charge on any atom is 0.179 e. The highest BCUT2D eigenvalue weighted by molar-refractivity contribution is 9.10. The molecule has 4 aromatic rings. The third-order valence-electron chi connectivity index (χ3n) is 3.95. The lowest BCUT2D eigenvalue weighted by Gasteiger charge is -2.11. The van der Waals surface area contributed by atoms with Crippen molar-refractivity contribution in [1.82, 2.24) is 14.8 Å². The summed E-state index contributed by atoms with van der Waals surface area (Å²) < 4.78 is 2.84. The Morgan fingerprint density at radius 3 is 2.62 bits per heavy atom. The summed E-state index contributed by atoms with van der Waals surface area (Å²) in [6, 6.07) is 20.4. The van der Waals surface area contributed by atoms with Crippen molar-refractivity contribution in [2.75, 3.05) is 5.32 Å². The minimum atomic E-state index is 0.749. The number of hydrogen-bond donors (Lipinski definition) is 1. The van der Waals surface area contributed by atoms with E-state index in [4.69, 9.17) is 0 Å². The molecular weight excluding hydrogens is 364 g/mol. The normalized spacial score (nSPS) is 10.9. The molecule has 0 aliphatic rings. The number of aromatic nitrogens is 3. The molecule has 0 aliphatic heterocycles. The van der Waals surface area contributed by atoms with Crippen LogP contribution in [0.1, 0.15) is 0 Å². The summed E-state index contributed by atoms with van der Waals surface area (Å²) in [6.07, 6.45) is 1.78. The molecule has 0 saturated carbocycles. The van der Waals surface area contributed by atoms with Crippen LogP contribution in [0.2, 0.25) is 0 Å². The van der Waals surface area contributed by atoms with Crippen LogP contribution in [-0.2, 0) is 7.05 Å². The van der Waals surface area contributed by atoms with Gasteiger partial charge in [-0.2, -0.15) is 5.10 Å². The van der Waals surface area contributed by atoms with Gasteiger partial charge >= 0.3 is 0 Å². The summed E-state index contributed by atoms with van der Waals surface area (Å²) in [7, 11) is 1.92. The number of rotatable bonds is 3. The standard InChI is InChI=1S/C19H15BrN4/c1-24-16-11-6-12-21-18(16)19(23-24)22-15-10-5-9-14(17(15)20)13-7-3-2-4-8-13/h2-12H,1H3,(H,22,23). The molecule has 1 N–H and O–H groups in total. The summed E-state index contributed by atoms with van der Waals surface area (Å²) in [6.45, 7) is 0. The first-order valence-corrected chi connectivity index (χ1v) is 8.42. The Morgan fingerprint density at radius 1 is 0.958 bits per heavy atom. The molecule has 5 heteroatoms. The minimum Gasteiger partial charge on any atom is -0.336 e. The largest absolute Gasteiger partial charge is 0.336 e. The summed E-state index contributed by atoms with van der Waals surface area (Å²) >= 11 is 3.73. The second-order valence-electron chi connectivity index (χ2n) is 5.50. The van der Waals surface area contributed by atoms with E-state index < -0.39 is 0 Å². The van der Waals surface area contributed by atoms with E-state index in [2.05, 4.69) is 49.5 Å². The monoisotopic (exact) mass is 378 g/mol. The van der Waals surface area contributed by atoms with Crippen molar-refractivity contribution in [3.8, 4) is 11.1 Å². The van der Waals surface area contributed by atoms with E-state index in [0.717, 1.165) is 38.1 Å². The number of nitrogens with zero attached hydrogens (tertiary/aromatic N) is 3. The van der Waals surface area contributed by atoms with Crippen molar-refractivity contribution >= 4 is 38.5 Å². The summed E-state index contributed by atoms with van der Waals surface area (Å²) in [5.41, 5.74) is 5.11. The molecule has 0 unspecified atom stereocenters. The van der Waals surface area contributed by atoms with Crippen molar-refractivity contribution in [3.05, 3.63) is 71.3 Å². The maximum absolute atomic E-state index is 4.55. The molecule has 2 heterocycles. The van der Waals surface area contributed by atoms with E-state index >= 15 is 0 Å². The van der Waals surface area contributed by atoms with Crippen LogP contribution in [0, 0.1) is 0 Å². The second kappa shape index (κ2) is 6.09. The summed E-state index contributed by atoms with van der Waals surface area (Å²) in [5, 5.41) is 7.96. The lowest BCUT2D eigenvalue weighted by Crippen LogP contribution is -1.96. The van der Waals surface area contributed by atoms with Crippen molar-refractivity contribution in [2.45, 2.75) is 0 Å². The predicted octanol–water partition coefficient (Wildman–Crippen LogP) is 5.14. The highest BCUT2D eigenvalue weighted by Crippen LogP contribution is 2.36. The van der Waals surface area contributed by atoms with Crippen LogP contribution in [0.5, 0.6) is 0 Å². The molecule has 0 radical (unpaired) electrons. The minimum absolute atomic E-state index is 0.749. The van der Waals surface area contributed by atoms with Gasteiger partial charge in [-0.15, -0.1) is 0 Å². The number of nitrogens with one attached hydrogen (secondary N) is 1. The number of anilines is 2. The highest BCUT2D eigenvalue weighted by atomic mass is 79.9. The van der Waals surface area contributed by atoms with Crippen LogP contribution in [-0.4, -0.2) is 14.8 Å². The Morgan fingerprint density at radius 2 is 1.79 bits per heavy atom. The van der Waals surface area contributed by atoms with Crippen molar-refractivity contribution in [1.29, 1.82) is 0 Å². The fraction of sp³-hybridized carbons (Fsp3) is 0.0526. The molecule has 24 heavy (non-hydrogen) atoms. The van der Waals surface area contributed by atoms with E-state index in [1.165, 1.54) is 0 Å². The molecule has 0 saturated heterocycles. The van der Waals surface area contributed by atoms with Crippen LogP contribution in [0.25, 0.3) is 22.2 Å². The van der Waals surface area contributed by atoms with Gasteiger partial charge in [0.15, 0.2) is 5.82 Å². The number of benzene rings is 2. The molecule has 0 spiro atoms. The highest BCUT2D eigenvalue weighted by Gasteiger charge is 2.13. The Bertz CT molecular complexity index is 1010. The number of aryl methyl sites for hydroxylation is 1. The molecule has 0 atom stereocenters. The first kappa shape index (κ1) is 14.9. The number of pyridine rings is 1. The molecule has 0 bridgehead atoms. The van der Waals surface area contributed by atoms with E-state index in [9.17, 15) is 0 Å². The van der Waals surface area contributed by atoms with Gasteiger partial charge in [-0.3, -0.25) is 9.67 Å². The van der Waals surface area contributed by atoms with Gasteiger partial charge in [0.2, 0.25) is 0 Å². The topological polar surface area (TPSA) is 42.7 Å². The van der Waals surface area contributed by atoms with E-state index in [0.29, 0.717) is 0 Å². The zero-order valence-electron chi connectivity index (χ0n) is 13.1. The second-order valence-corrected chi connectivity index (χ2v) is 6.29. The third kappa shape index (κ3) is 2.57. The van der Waals surface area contributed by atoms with Gasteiger partial charge in [0.25, 0.3) is 0 Å². The fourth-order valence-corrected chi connectivity index (χ4v) is 3.36. The average molecular weight is 379 g/mol. The van der Waals surface area contributed by atoms with Crippen LogP contribution in [0.3, 0.4) is 0 Å². The lowest BCUT2D eigenvalue weighted by atomic mass is 10.1. The fourth-order valence-electron chi connectivity index (χ4n) is 2.77. The van der Waals surface area contributed by atoms with Crippen LogP contribution < -0.4 is 5.32 Å². The van der Waals surface area contributed by atoms with Gasteiger partial charge in [0.05, 0.1) is 11.2 Å². The van der Waals surface area contributed by atoms with E-state index in [1.807, 2.05) is 54.2 Å². The summed E-state index contributed by atoms with van der Waals surface area (Å²) in [4.78, 5) is 4.45. The van der Waals surface area contributed by atoms with Gasteiger partial charge in [0, 0.05) is 17.7 Å². The molecule has 0 amide bonds. The molecule has 4 rings (SSSR count). The van der Waals surface area contributed by atoms with Crippen LogP contribution in [0.15, 0.2) is 71.3 Å². The van der Waals surface area contributed by atoms with E-state index in [-0.39, 0.29) is 0 Å². The van der Waals surface area contributed by atoms with Gasteiger partial charge in [-0.05, 0) is 45.3 Å². The molecule has 2 aromatic heterocycles. The lowest BCUT2D eigenvalue weighted by molar-refractivity contribution is 0.801. The first-order chi connectivity index (χ1) is 11.7. The Labute approximate surface area is 148 Å². The quantitative estimate of drug-likeness (QED) is 0.536. The van der Waals surface area contributed by atoms with Gasteiger partial charge in [-0.1, -0.05) is 42.5 Å². The van der Waals surface area contributed by atoms with Crippen molar-refractivity contribution in [3.63, 3.8) is 0 Å². The number of hydrogen-bond acceptors (Lipinski definition) is 3. The maximum atomic E-state index is 4.55. The Hall–Kier alpha value is -2.66. The molecule has 118 valence electrons. The molecule has 2 aromatic carbocycles. The first-order valence-electron chi connectivity index (χ1n) is 7.63. The predicted molar refractivity (Wildman–Crippen MR) is 101 cm³/mol. The molecule has 0 fully saturated rings. The number of halogens is 1. The average Bonchev–Trinajstić information content (AvgIpc) is 2.94. The SMILES string of the molecule is Cn1nc(Nc2cccc(-c3ccccc3)c2Br)c2ncccc21. The molecule has 4 nitrogen and oxygen atoms in total. The Kier molecular flexibility index (Phi) is 3.78. The van der Waals surface area contributed by atoms with Gasteiger partial charge < -0.3 is 5.32 Å². The Balaban J connectivity index is 1.78. The zero-order valence-corrected chi connectivity index (χ0v) is 14.7. The van der Waals surface area contributed by atoms with Crippen molar-refractivity contribution < 1.29 is 0 Å². The third-order valence-corrected chi connectivity index (χ3v) is 4.80. The van der Waals surface area contributed by atoms with Crippen LogP contribution in [0.4, 0.5) is 11.5 Å². The number of fused-ring (bicyclic) bond motifs is 1. The van der Waals surface area contributed by atoms with Gasteiger partial charge in [-0.25, -0.2) is 0 Å². The smallest absolute Gasteiger partial charge is 0.179 e. The van der Waals surface area contributed by atoms with Crippen LogP contribution >= 0.6 is 15.9 Å². The molecular formula is C19H15BrN4. The zero-order chi connectivity index (χ0) is 16.5. The van der Waals surface area contributed by atoms with Gasteiger partial charge in [0.1, 0.15) is 5.52 Å². The van der Waals surface area contributed by atoms with Crippen molar-refractivity contribution in [2.24, 2.45) is 7.05 Å². The molecule has 0 aliphatic carbocycles. The summed E-state index contributed by atoms with van der Waals surface area (Å²) in [5.74, 6) is 0.749.